The molecule has 0 saturated carbocycles. The average Bonchev–Trinajstić information content (AvgIpc) is 2.14. The van der Waals surface area contributed by atoms with Crippen LogP contribution < -0.4 is 10.5 Å². The molecule has 0 bridgehead atoms. The van der Waals surface area contributed by atoms with Crippen molar-refractivity contribution in [2.24, 2.45) is 5.73 Å². The van der Waals surface area contributed by atoms with Crippen LogP contribution >= 0.6 is 23.8 Å². The highest BCUT2D eigenvalue weighted by Gasteiger charge is 2.06. The van der Waals surface area contributed by atoms with Gasteiger partial charge >= 0.3 is 0 Å². The lowest BCUT2D eigenvalue weighted by Gasteiger charge is -2.09. The van der Waals surface area contributed by atoms with Crippen LogP contribution in [0, 0.1) is 0 Å². The molecule has 5 heteroatoms. The zero-order valence-electron chi connectivity index (χ0n) is 7.30. The summed E-state index contributed by atoms with van der Waals surface area (Å²) < 4.78 is 17.0. The summed E-state index contributed by atoms with van der Waals surface area (Å²) in [5.41, 5.74) is 6.02. The fourth-order valence-corrected chi connectivity index (χ4v) is 1.30. The molecule has 76 valence electrons. The van der Waals surface area contributed by atoms with Crippen molar-refractivity contribution in [3.63, 3.8) is 0 Å². The summed E-state index contributed by atoms with van der Waals surface area (Å²) in [7, 11) is 0. The summed E-state index contributed by atoms with van der Waals surface area (Å²) >= 11 is 10.5. The van der Waals surface area contributed by atoms with Crippen LogP contribution in [0.5, 0.6) is 5.75 Å². The third-order valence-electron chi connectivity index (χ3n) is 1.54. The van der Waals surface area contributed by atoms with E-state index in [0.717, 1.165) is 0 Å². The molecule has 0 radical (unpaired) electrons. The van der Waals surface area contributed by atoms with Crippen LogP contribution in [0.15, 0.2) is 18.2 Å². The van der Waals surface area contributed by atoms with E-state index in [9.17, 15) is 4.39 Å². The largest absolute Gasteiger partial charge is 0.490 e. The van der Waals surface area contributed by atoms with Crippen molar-refractivity contribution < 1.29 is 9.13 Å². The first kappa shape index (κ1) is 11.2. The van der Waals surface area contributed by atoms with E-state index in [1.807, 2.05) is 0 Å². The topological polar surface area (TPSA) is 35.2 Å². The molecular weight excluding hydrogens is 225 g/mol. The minimum absolute atomic E-state index is 0.0318. The zero-order chi connectivity index (χ0) is 10.6. The quantitative estimate of drug-likeness (QED) is 0.811. The lowest BCUT2D eigenvalue weighted by Crippen LogP contribution is -2.12. The molecule has 2 N–H and O–H groups in total. The van der Waals surface area contributed by atoms with Gasteiger partial charge in [-0.2, -0.15) is 0 Å². The maximum Gasteiger partial charge on any atom is 0.131 e. The van der Waals surface area contributed by atoms with Gasteiger partial charge < -0.3 is 10.5 Å². The van der Waals surface area contributed by atoms with Gasteiger partial charge in [-0.15, -0.1) is 0 Å². The SMILES string of the molecule is NC(=S)c1ccc(Cl)cc1OCCF. The number of hydrogen-bond donors (Lipinski definition) is 1. The lowest BCUT2D eigenvalue weighted by atomic mass is 10.2. The number of halogens is 2. The Morgan fingerprint density at radius 2 is 2.29 bits per heavy atom. The molecule has 1 rings (SSSR count). The average molecular weight is 234 g/mol. The Balaban J connectivity index is 2.97. The fourth-order valence-electron chi connectivity index (χ4n) is 0.968. The van der Waals surface area contributed by atoms with Gasteiger partial charge in [-0.1, -0.05) is 23.8 Å². The molecule has 0 atom stereocenters. The molecule has 0 amide bonds. The number of nitrogens with two attached hydrogens (primary N) is 1. The molecule has 0 saturated heterocycles. The Morgan fingerprint density at radius 3 is 2.86 bits per heavy atom. The molecule has 1 aromatic rings. The monoisotopic (exact) mass is 233 g/mol. The van der Waals surface area contributed by atoms with Gasteiger partial charge in [0, 0.05) is 5.02 Å². The second-order valence-electron chi connectivity index (χ2n) is 2.54. The third kappa shape index (κ3) is 2.82. The first-order valence-electron chi connectivity index (χ1n) is 3.93. The van der Waals surface area contributed by atoms with Gasteiger partial charge in [0.25, 0.3) is 0 Å². The van der Waals surface area contributed by atoms with Gasteiger partial charge in [0.05, 0.1) is 5.56 Å². The Kier molecular flexibility index (Phi) is 4.10. The predicted octanol–water partition coefficient (Wildman–Crippen LogP) is 2.32. The van der Waals surface area contributed by atoms with Crippen LogP contribution in [0.1, 0.15) is 5.56 Å². The van der Waals surface area contributed by atoms with E-state index in [-0.39, 0.29) is 11.6 Å². The second-order valence-corrected chi connectivity index (χ2v) is 3.42. The minimum Gasteiger partial charge on any atom is -0.490 e. The number of rotatable bonds is 4. The molecule has 0 heterocycles. The number of thiocarbonyl (C=S) groups is 1. The van der Waals surface area contributed by atoms with Crippen molar-refractivity contribution in [3.8, 4) is 5.75 Å². The summed E-state index contributed by atoms with van der Waals surface area (Å²) in [6, 6.07) is 4.86. The number of ether oxygens (including phenoxy) is 1. The lowest BCUT2D eigenvalue weighted by molar-refractivity contribution is 0.273. The van der Waals surface area contributed by atoms with Crippen molar-refractivity contribution in [1.82, 2.24) is 0 Å². The van der Waals surface area contributed by atoms with E-state index in [2.05, 4.69) is 0 Å². The van der Waals surface area contributed by atoms with Crippen molar-refractivity contribution in [2.45, 2.75) is 0 Å². The molecule has 14 heavy (non-hydrogen) atoms. The third-order valence-corrected chi connectivity index (χ3v) is 2.00. The van der Waals surface area contributed by atoms with E-state index in [4.69, 9.17) is 34.3 Å². The van der Waals surface area contributed by atoms with Gasteiger partial charge in [0.15, 0.2) is 0 Å². The highest BCUT2D eigenvalue weighted by atomic mass is 35.5. The number of alkyl halides is 1. The van der Waals surface area contributed by atoms with E-state index in [0.29, 0.717) is 16.3 Å². The van der Waals surface area contributed by atoms with E-state index in [1.54, 1.807) is 18.2 Å². The number of benzene rings is 1. The van der Waals surface area contributed by atoms with Crippen molar-refractivity contribution in [2.75, 3.05) is 13.3 Å². The zero-order valence-corrected chi connectivity index (χ0v) is 8.87. The molecule has 2 nitrogen and oxygen atoms in total. The van der Waals surface area contributed by atoms with Crippen molar-refractivity contribution in [1.29, 1.82) is 0 Å². The molecular formula is C9H9ClFNOS. The van der Waals surface area contributed by atoms with Crippen LogP contribution in [0.4, 0.5) is 4.39 Å². The van der Waals surface area contributed by atoms with Gasteiger partial charge in [-0.05, 0) is 18.2 Å². The Labute approximate surface area is 91.8 Å². The molecule has 0 aliphatic carbocycles. The van der Waals surface area contributed by atoms with Crippen LogP contribution in [0.25, 0.3) is 0 Å². The minimum atomic E-state index is -0.566. The molecule has 1 aromatic carbocycles. The summed E-state index contributed by atoms with van der Waals surface area (Å²) in [6.07, 6.45) is 0. The maximum atomic E-state index is 11.9. The molecule has 0 unspecified atom stereocenters. The molecule has 0 aromatic heterocycles. The Hall–Kier alpha value is -0.870. The van der Waals surface area contributed by atoms with Gasteiger partial charge in [-0.3, -0.25) is 0 Å². The molecule has 0 aliphatic rings. The standard InChI is InChI=1S/C9H9ClFNOS/c10-6-1-2-7(9(12)14)8(5-6)13-4-3-11/h1-2,5H,3-4H2,(H2,12,14). The van der Waals surface area contributed by atoms with Gasteiger partial charge in [0.2, 0.25) is 0 Å². The first-order chi connectivity index (χ1) is 6.65. The first-order valence-corrected chi connectivity index (χ1v) is 4.72. The van der Waals surface area contributed by atoms with E-state index < -0.39 is 6.67 Å². The summed E-state index contributed by atoms with van der Waals surface area (Å²) in [5.74, 6) is 0.419. The molecule has 0 aliphatic heterocycles. The van der Waals surface area contributed by atoms with E-state index >= 15 is 0 Å². The van der Waals surface area contributed by atoms with Crippen LogP contribution in [0.3, 0.4) is 0 Å². The smallest absolute Gasteiger partial charge is 0.131 e. The summed E-state index contributed by atoms with van der Waals surface area (Å²) in [6.45, 7) is -0.598. The van der Waals surface area contributed by atoms with Crippen molar-refractivity contribution >= 4 is 28.8 Å². The Bertz CT molecular complexity index is 346. The maximum absolute atomic E-state index is 11.9. The van der Waals surface area contributed by atoms with Gasteiger partial charge in [0.1, 0.15) is 24.0 Å². The van der Waals surface area contributed by atoms with Crippen LogP contribution in [-0.2, 0) is 0 Å². The predicted molar refractivity (Wildman–Crippen MR) is 58.8 cm³/mol. The van der Waals surface area contributed by atoms with E-state index in [1.165, 1.54) is 0 Å². The number of hydrogen-bond acceptors (Lipinski definition) is 2. The Morgan fingerprint density at radius 1 is 1.57 bits per heavy atom. The normalized spacial score (nSPS) is 9.86. The van der Waals surface area contributed by atoms with Crippen LogP contribution in [0.2, 0.25) is 5.02 Å². The van der Waals surface area contributed by atoms with Crippen LogP contribution in [-0.4, -0.2) is 18.3 Å². The summed E-state index contributed by atoms with van der Waals surface area (Å²) in [5, 5.41) is 0.499. The molecule has 0 fully saturated rings. The van der Waals surface area contributed by atoms with Gasteiger partial charge in [-0.25, -0.2) is 4.39 Å². The highest BCUT2D eigenvalue weighted by molar-refractivity contribution is 7.80. The molecule has 0 spiro atoms. The summed E-state index contributed by atoms with van der Waals surface area (Å²) in [4.78, 5) is 0.204. The van der Waals surface area contributed by atoms with Crippen molar-refractivity contribution in [3.05, 3.63) is 28.8 Å². The fraction of sp³-hybridized carbons (Fsp3) is 0.222. The highest BCUT2D eigenvalue weighted by Crippen LogP contribution is 2.23. The second kappa shape index (κ2) is 5.12.